The monoisotopic (exact) mass is 230 g/mol. The maximum absolute atomic E-state index is 12.4. The summed E-state index contributed by atoms with van der Waals surface area (Å²) in [6, 6.07) is 7.99. The molecular formula is C16H22O. The van der Waals surface area contributed by atoms with Crippen LogP contribution < -0.4 is 0 Å². The molecule has 0 amide bonds. The Morgan fingerprint density at radius 3 is 2.47 bits per heavy atom. The Hall–Kier alpha value is -1.11. The van der Waals surface area contributed by atoms with Crippen LogP contribution in [0.3, 0.4) is 0 Å². The lowest BCUT2D eigenvalue weighted by Gasteiger charge is -2.33. The fraction of sp³-hybridized carbons (Fsp3) is 0.562. The Morgan fingerprint density at radius 2 is 1.88 bits per heavy atom. The second kappa shape index (κ2) is 4.64. The summed E-state index contributed by atoms with van der Waals surface area (Å²) in [6.45, 7) is 6.65. The van der Waals surface area contributed by atoms with Gasteiger partial charge in [0.15, 0.2) is 5.78 Å². The topological polar surface area (TPSA) is 17.1 Å². The first kappa shape index (κ1) is 12.3. The molecule has 1 aliphatic rings. The van der Waals surface area contributed by atoms with Gasteiger partial charge in [0.2, 0.25) is 0 Å². The average Bonchev–Trinajstić information content (AvgIpc) is 2.28. The van der Waals surface area contributed by atoms with Crippen LogP contribution in [0.1, 0.15) is 55.5 Å². The lowest BCUT2D eigenvalue weighted by molar-refractivity contribution is 0.0838. The van der Waals surface area contributed by atoms with Gasteiger partial charge < -0.3 is 0 Å². The molecule has 1 aliphatic carbocycles. The van der Waals surface area contributed by atoms with E-state index in [0.717, 1.165) is 18.4 Å². The molecule has 0 aliphatic heterocycles. The van der Waals surface area contributed by atoms with Gasteiger partial charge in [0.1, 0.15) is 0 Å². The summed E-state index contributed by atoms with van der Waals surface area (Å²) in [5.74, 6) is 0.606. The Kier molecular flexibility index (Phi) is 3.37. The van der Waals surface area contributed by atoms with E-state index in [1.54, 1.807) is 0 Å². The zero-order valence-corrected chi connectivity index (χ0v) is 11.1. The Bertz CT molecular complexity index is 407. The number of carbonyl (C=O) groups excluding carboxylic acids is 1. The highest BCUT2D eigenvalue weighted by molar-refractivity contribution is 5.98. The van der Waals surface area contributed by atoms with Crippen molar-refractivity contribution in [3.63, 3.8) is 0 Å². The summed E-state index contributed by atoms with van der Waals surface area (Å²) in [7, 11) is 0. The third-order valence-electron chi connectivity index (χ3n) is 4.01. The number of hydrogen-bond acceptors (Lipinski definition) is 1. The second-order valence-corrected chi connectivity index (χ2v) is 6.17. The molecule has 1 saturated carbocycles. The molecule has 0 spiro atoms. The van der Waals surface area contributed by atoms with Crippen molar-refractivity contribution in [3.05, 3.63) is 35.4 Å². The molecule has 1 fully saturated rings. The van der Waals surface area contributed by atoms with Gasteiger partial charge in [-0.25, -0.2) is 0 Å². The quantitative estimate of drug-likeness (QED) is 0.688. The Morgan fingerprint density at radius 1 is 1.24 bits per heavy atom. The normalized spacial score (nSPS) is 20.2. The van der Waals surface area contributed by atoms with Gasteiger partial charge in [0, 0.05) is 11.5 Å². The first-order valence-corrected chi connectivity index (χ1v) is 6.59. The van der Waals surface area contributed by atoms with E-state index < -0.39 is 0 Å². The average molecular weight is 230 g/mol. The summed E-state index contributed by atoms with van der Waals surface area (Å²) in [4.78, 5) is 12.4. The van der Waals surface area contributed by atoms with E-state index in [0.29, 0.717) is 11.2 Å². The molecule has 0 aromatic heterocycles. The molecule has 1 aromatic carbocycles. The van der Waals surface area contributed by atoms with Gasteiger partial charge in [-0.15, -0.1) is 0 Å². The second-order valence-electron chi connectivity index (χ2n) is 6.17. The third-order valence-corrected chi connectivity index (χ3v) is 4.01. The highest BCUT2D eigenvalue weighted by Crippen LogP contribution is 2.39. The fourth-order valence-electron chi connectivity index (χ4n) is 2.70. The van der Waals surface area contributed by atoms with Gasteiger partial charge in [-0.1, -0.05) is 37.6 Å². The van der Waals surface area contributed by atoms with Crippen molar-refractivity contribution in [3.8, 4) is 0 Å². The first-order chi connectivity index (χ1) is 7.98. The fourth-order valence-corrected chi connectivity index (χ4v) is 2.70. The lowest BCUT2D eigenvalue weighted by Crippen LogP contribution is -2.26. The van der Waals surface area contributed by atoms with Crippen LogP contribution in [0.5, 0.6) is 0 Å². The molecule has 0 N–H and O–H groups in total. The molecular weight excluding hydrogens is 208 g/mol. The van der Waals surface area contributed by atoms with Gasteiger partial charge in [0.25, 0.3) is 0 Å². The van der Waals surface area contributed by atoms with Crippen LogP contribution in [0.25, 0.3) is 0 Å². The maximum atomic E-state index is 12.4. The minimum Gasteiger partial charge on any atom is -0.294 e. The standard InChI is InChI=1S/C16H22O/c1-12-5-4-6-14(11-12)15(17)13-7-9-16(2,3)10-8-13/h4-6,11,13H,7-10H2,1-3H3. The molecule has 92 valence electrons. The number of rotatable bonds is 2. The number of carbonyl (C=O) groups is 1. The van der Waals surface area contributed by atoms with Crippen molar-refractivity contribution in [2.24, 2.45) is 11.3 Å². The third kappa shape index (κ3) is 2.96. The minimum absolute atomic E-state index is 0.254. The Labute approximate surface area is 104 Å². The van der Waals surface area contributed by atoms with Gasteiger partial charge >= 0.3 is 0 Å². The van der Waals surface area contributed by atoms with Gasteiger partial charge in [-0.3, -0.25) is 4.79 Å². The van der Waals surface area contributed by atoms with E-state index >= 15 is 0 Å². The Balaban J connectivity index is 2.07. The van der Waals surface area contributed by atoms with E-state index in [1.165, 1.54) is 18.4 Å². The van der Waals surface area contributed by atoms with Crippen LogP contribution in [0.4, 0.5) is 0 Å². The van der Waals surface area contributed by atoms with Crippen molar-refractivity contribution in [2.45, 2.75) is 46.5 Å². The molecule has 0 saturated heterocycles. The summed E-state index contributed by atoms with van der Waals surface area (Å²) >= 11 is 0. The molecule has 2 rings (SSSR count). The lowest BCUT2D eigenvalue weighted by atomic mass is 9.71. The summed E-state index contributed by atoms with van der Waals surface area (Å²) in [6.07, 6.45) is 4.46. The van der Waals surface area contributed by atoms with Crippen LogP contribution >= 0.6 is 0 Å². The maximum Gasteiger partial charge on any atom is 0.165 e. The zero-order chi connectivity index (χ0) is 12.5. The van der Waals surface area contributed by atoms with E-state index in [2.05, 4.69) is 13.8 Å². The molecule has 17 heavy (non-hydrogen) atoms. The van der Waals surface area contributed by atoms with Crippen LogP contribution in [-0.2, 0) is 0 Å². The molecule has 1 aromatic rings. The predicted molar refractivity (Wildman–Crippen MR) is 71.2 cm³/mol. The van der Waals surface area contributed by atoms with E-state index in [9.17, 15) is 4.79 Å². The van der Waals surface area contributed by atoms with Crippen molar-refractivity contribution in [1.29, 1.82) is 0 Å². The number of ketones is 1. The molecule has 0 atom stereocenters. The van der Waals surface area contributed by atoms with Crippen LogP contribution in [0.2, 0.25) is 0 Å². The number of Topliss-reactive ketones (excluding diaryl/α,β-unsaturated/α-hetero) is 1. The molecule has 0 heterocycles. The molecule has 0 radical (unpaired) electrons. The molecule has 1 nitrogen and oxygen atoms in total. The van der Waals surface area contributed by atoms with Crippen molar-refractivity contribution < 1.29 is 4.79 Å². The van der Waals surface area contributed by atoms with Crippen LogP contribution in [-0.4, -0.2) is 5.78 Å². The van der Waals surface area contributed by atoms with E-state index in [4.69, 9.17) is 0 Å². The first-order valence-electron chi connectivity index (χ1n) is 6.59. The highest BCUT2D eigenvalue weighted by Gasteiger charge is 2.30. The number of aryl methyl sites for hydroxylation is 1. The molecule has 1 heteroatoms. The van der Waals surface area contributed by atoms with E-state index in [1.807, 2.05) is 31.2 Å². The van der Waals surface area contributed by atoms with Gasteiger partial charge in [-0.2, -0.15) is 0 Å². The highest BCUT2D eigenvalue weighted by atomic mass is 16.1. The van der Waals surface area contributed by atoms with Crippen LogP contribution in [0, 0.1) is 18.3 Å². The molecule has 0 unspecified atom stereocenters. The van der Waals surface area contributed by atoms with Gasteiger partial charge in [-0.05, 0) is 44.1 Å². The molecule has 0 bridgehead atoms. The minimum atomic E-state index is 0.254. The number of hydrogen-bond donors (Lipinski definition) is 0. The predicted octanol–water partition coefficient (Wildman–Crippen LogP) is 4.39. The van der Waals surface area contributed by atoms with Gasteiger partial charge in [0.05, 0.1) is 0 Å². The van der Waals surface area contributed by atoms with E-state index in [-0.39, 0.29) is 5.92 Å². The van der Waals surface area contributed by atoms with Crippen LogP contribution in [0.15, 0.2) is 24.3 Å². The largest absolute Gasteiger partial charge is 0.294 e. The summed E-state index contributed by atoms with van der Waals surface area (Å²) in [5, 5.41) is 0. The zero-order valence-electron chi connectivity index (χ0n) is 11.1. The number of benzene rings is 1. The summed E-state index contributed by atoms with van der Waals surface area (Å²) in [5.41, 5.74) is 2.50. The summed E-state index contributed by atoms with van der Waals surface area (Å²) < 4.78 is 0. The van der Waals surface area contributed by atoms with Crippen molar-refractivity contribution >= 4 is 5.78 Å². The van der Waals surface area contributed by atoms with Crippen molar-refractivity contribution in [2.75, 3.05) is 0 Å². The SMILES string of the molecule is Cc1cccc(C(=O)C2CCC(C)(C)CC2)c1. The van der Waals surface area contributed by atoms with Crippen molar-refractivity contribution in [1.82, 2.24) is 0 Å². The smallest absolute Gasteiger partial charge is 0.165 e.